The third-order valence-electron chi connectivity index (χ3n) is 11.2. The highest BCUT2D eigenvalue weighted by Crippen LogP contribution is 2.57. The fourth-order valence-electron chi connectivity index (χ4n) is 8.83. The number of furan rings is 1. The van der Waals surface area contributed by atoms with Crippen molar-refractivity contribution < 1.29 is 4.42 Å². The summed E-state index contributed by atoms with van der Waals surface area (Å²) >= 11 is 0. The number of fused-ring (bicyclic) bond motifs is 6. The van der Waals surface area contributed by atoms with Crippen LogP contribution < -0.4 is 0 Å². The lowest BCUT2D eigenvalue weighted by Crippen LogP contribution is -2.28. The largest absolute Gasteiger partial charge is 0.456 e. The smallest absolute Gasteiger partial charge is 0.164 e. The van der Waals surface area contributed by atoms with E-state index in [4.69, 9.17) is 19.4 Å². The van der Waals surface area contributed by atoms with Crippen molar-refractivity contribution in [2.24, 2.45) is 0 Å². The van der Waals surface area contributed by atoms with Gasteiger partial charge in [-0.25, -0.2) is 15.0 Å². The van der Waals surface area contributed by atoms with Crippen molar-refractivity contribution in [3.05, 3.63) is 222 Å². The van der Waals surface area contributed by atoms with E-state index in [9.17, 15) is 0 Å². The fraction of sp³-hybridized carbons (Fsp3) is 0.0192. The van der Waals surface area contributed by atoms with Crippen molar-refractivity contribution >= 4 is 21.9 Å². The molecule has 0 saturated heterocycles. The first-order valence-corrected chi connectivity index (χ1v) is 18.9. The Morgan fingerprint density at radius 1 is 0.357 bits per heavy atom. The minimum Gasteiger partial charge on any atom is -0.456 e. The van der Waals surface area contributed by atoms with Crippen LogP contribution in [0.4, 0.5) is 0 Å². The molecule has 0 saturated carbocycles. The zero-order valence-electron chi connectivity index (χ0n) is 30.3. The maximum atomic E-state index is 6.56. The van der Waals surface area contributed by atoms with Gasteiger partial charge in [0.25, 0.3) is 0 Å². The molecule has 2 aromatic heterocycles. The highest BCUT2D eigenvalue weighted by atomic mass is 16.3. The van der Waals surface area contributed by atoms with Crippen molar-refractivity contribution in [2.75, 3.05) is 0 Å². The minimum atomic E-state index is -0.550. The van der Waals surface area contributed by atoms with Gasteiger partial charge in [-0.15, -0.1) is 0 Å². The van der Waals surface area contributed by atoms with Crippen LogP contribution in [0.3, 0.4) is 0 Å². The number of benzene rings is 8. The number of hydrogen-bond acceptors (Lipinski definition) is 4. The molecule has 0 bridgehead atoms. The van der Waals surface area contributed by atoms with E-state index in [1.807, 2.05) is 72.8 Å². The first-order chi connectivity index (χ1) is 27.8. The molecular formula is C52H33N3O. The van der Waals surface area contributed by atoms with Crippen molar-refractivity contribution in [1.29, 1.82) is 0 Å². The van der Waals surface area contributed by atoms with E-state index in [1.54, 1.807) is 0 Å². The molecule has 0 atom stereocenters. The van der Waals surface area contributed by atoms with Crippen molar-refractivity contribution in [1.82, 2.24) is 15.0 Å². The van der Waals surface area contributed by atoms with E-state index in [1.165, 1.54) is 33.4 Å². The summed E-state index contributed by atoms with van der Waals surface area (Å²) in [5, 5.41) is 2.07. The molecule has 0 fully saturated rings. The van der Waals surface area contributed by atoms with Gasteiger partial charge in [-0.3, -0.25) is 0 Å². The summed E-state index contributed by atoms with van der Waals surface area (Å²) in [6.07, 6.45) is 0. The molecule has 0 unspecified atom stereocenters. The first kappa shape index (κ1) is 32.0. The quantitative estimate of drug-likeness (QED) is 0.172. The van der Waals surface area contributed by atoms with Crippen LogP contribution in [0.15, 0.2) is 205 Å². The maximum Gasteiger partial charge on any atom is 0.164 e. The highest BCUT2D eigenvalue weighted by Gasteiger charge is 2.46. The third-order valence-corrected chi connectivity index (χ3v) is 11.2. The fourth-order valence-corrected chi connectivity index (χ4v) is 8.83. The standard InChI is InChI=1S/C52H33N3O/c1-5-17-34(18-6-1)49-53-50(35-19-7-2-8-20-35)55-51(54-49)42-31-32-46-48(41-26-14-16-28-45(41)56-46)47(42)36-29-30-40-39-25-13-15-27-43(39)52(44(40)33-36,37-21-9-3-10-22-37)38-23-11-4-12-24-38/h1-33H. The van der Waals surface area contributed by atoms with E-state index in [0.29, 0.717) is 17.5 Å². The van der Waals surface area contributed by atoms with E-state index in [2.05, 4.69) is 127 Å². The molecule has 2 heterocycles. The summed E-state index contributed by atoms with van der Waals surface area (Å²) in [5.41, 5.74) is 13.3. The number of nitrogens with zero attached hydrogens (tertiary/aromatic N) is 3. The van der Waals surface area contributed by atoms with Crippen LogP contribution >= 0.6 is 0 Å². The summed E-state index contributed by atoms with van der Waals surface area (Å²) in [5.74, 6) is 1.84. The van der Waals surface area contributed by atoms with Crippen molar-refractivity contribution in [3.8, 4) is 56.4 Å². The molecule has 1 aliphatic carbocycles. The zero-order valence-corrected chi connectivity index (χ0v) is 30.3. The van der Waals surface area contributed by atoms with E-state index < -0.39 is 5.41 Å². The lowest BCUT2D eigenvalue weighted by molar-refractivity contribution is 0.669. The average Bonchev–Trinajstić information content (AvgIpc) is 3.81. The normalized spacial score (nSPS) is 12.8. The van der Waals surface area contributed by atoms with Gasteiger partial charge in [0.1, 0.15) is 11.2 Å². The molecule has 8 aromatic carbocycles. The third kappa shape index (κ3) is 4.89. The Morgan fingerprint density at radius 2 is 0.875 bits per heavy atom. The van der Waals surface area contributed by atoms with Gasteiger partial charge in [0, 0.05) is 33.0 Å². The number of hydrogen-bond donors (Lipinski definition) is 0. The average molecular weight is 716 g/mol. The van der Waals surface area contributed by atoms with Crippen LogP contribution in [0.5, 0.6) is 0 Å². The number of para-hydroxylation sites is 1. The van der Waals surface area contributed by atoms with Gasteiger partial charge < -0.3 is 4.42 Å². The highest BCUT2D eigenvalue weighted by molar-refractivity contribution is 6.16. The Bertz CT molecular complexity index is 2970. The summed E-state index contributed by atoms with van der Waals surface area (Å²) in [6, 6.07) is 70.5. The van der Waals surface area contributed by atoms with Crippen LogP contribution in [0.25, 0.3) is 78.4 Å². The summed E-state index contributed by atoms with van der Waals surface area (Å²) in [7, 11) is 0. The molecule has 4 nitrogen and oxygen atoms in total. The summed E-state index contributed by atoms with van der Waals surface area (Å²) in [6.45, 7) is 0. The van der Waals surface area contributed by atoms with Crippen molar-refractivity contribution in [3.63, 3.8) is 0 Å². The van der Waals surface area contributed by atoms with Crippen molar-refractivity contribution in [2.45, 2.75) is 5.41 Å². The SMILES string of the molecule is c1ccc(-c2nc(-c3ccccc3)nc(-c3ccc4oc5ccccc5c4c3-c3ccc4c(c3)C(c3ccccc3)(c3ccccc3)c3ccccc3-4)n2)cc1. The molecule has 0 amide bonds. The second-order valence-corrected chi connectivity index (χ2v) is 14.3. The lowest BCUT2D eigenvalue weighted by Gasteiger charge is -2.34. The molecule has 0 aliphatic heterocycles. The Kier molecular flexibility index (Phi) is 7.36. The molecule has 56 heavy (non-hydrogen) atoms. The van der Waals surface area contributed by atoms with Crippen LogP contribution in [-0.4, -0.2) is 15.0 Å². The molecule has 11 rings (SSSR count). The summed E-state index contributed by atoms with van der Waals surface area (Å²) in [4.78, 5) is 15.5. The molecule has 0 radical (unpaired) electrons. The Balaban J connectivity index is 1.24. The van der Waals surface area contributed by atoms with Gasteiger partial charge in [0.2, 0.25) is 0 Å². The number of aromatic nitrogens is 3. The van der Waals surface area contributed by atoms with Gasteiger partial charge in [-0.05, 0) is 63.2 Å². The molecular weight excluding hydrogens is 683 g/mol. The Morgan fingerprint density at radius 3 is 1.54 bits per heavy atom. The Labute approximate surface area is 324 Å². The number of rotatable bonds is 6. The molecule has 0 N–H and O–H groups in total. The molecule has 10 aromatic rings. The van der Waals surface area contributed by atoms with Gasteiger partial charge in [0.15, 0.2) is 17.5 Å². The lowest BCUT2D eigenvalue weighted by atomic mass is 9.67. The van der Waals surface area contributed by atoms with Gasteiger partial charge in [0.05, 0.1) is 5.41 Å². The van der Waals surface area contributed by atoms with Gasteiger partial charge in [-0.1, -0.05) is 176 Å². The first-order valence-electron chi connectivity index (χ1n) is 18.9. The second-order valence-electron chi connectivity index (χ2n) is 14.3. The van der Waals surface area contributed by atoms with E-state index in [-0.39, 0.29) is 0 Å². The van der Waals surface area contributed by atoms with E-state index in [0.717, 1.165) is 49.8 Å². The van der Waals surface area contributed by atoms with Crippen LogP contribution in [-0.2, 0) is 5.41 Å². The molecule has 0 spiro atoms. The summed E-state index contributed by atoms with van der Waals surface area (Å²) < 4.78 is 6.56. The van der Waals surface area contributed by atoms with Crippen LogP contribution in [0, 0.1) is 0 Å². The zero-order chi connectivity index (χ0) is 37.1. The van der Waals surface area contributed by atoms with Crippen LogP contribution in [0.2, 0.25) is 0 Å². The Hall–Kier alpha value is -7.43. The van der Waals surface area contributed by atoms with Gasteiger partial charge >= 0.3 is 0 Å². The molecule has 4 heteroatoms. The monoisotopic (exact) mass is 715 g/mol. The van der Waals surface area contributed by atoms with Gasteiger partial charge in [-0.2, -0.15) is 0 Å². The van der Waals surface area contributed by atoms with E-state index >= 15 is 0 Å². The molecule has 262 valence electrons. The maximum absolute atomic E-state index is 6.56. The minimum absolute atomic E-state index is 0.550. The molecule has 1 aliphatic rings. The second kappa shape index (κ2) is 12.9. The van der Waals surface area contributed by atoms with Crippen LogP contribution in [0.1, 0.15) is 22.3 Å². The predicted octanol–water partition coefficient (Wildman–Crippen LogP) is 12.8. The topological polar surface area (TPSA) is 51.8 Å². The predicted molar refractivity (Wildman–Crippen MR) is 226 cm³/mol.